The Morgan fingerprint density at radius 1 is 0.957 bits per heavy atom. The van der Waals surface area contributed by atoms with E-state index in [1.165, 1.54) is 0 Å². The highest BCUT2D eigenvalue weighted by atomic mass is 35.5. The molecule has 4 rings (SSSR count). The lowest BCUT2D eigenvalue weighted by atomic mass is 9.98. The normalized spacial score (nSPS) is 16.9. The summed E-state index contributed by atoms with van der Waals surface area (Å²) in [4.78, 5) is 35.0. The van der Waals surface area contributed by atoms with E-state index in [2.05, 4.69) is 30.6 Å². The van der Waals surface area contributed by atoms with Crippen LogP contribution in [0.1, 0.15) is 72.8 Å². The Hall–Kier alpha value is -2.68. The Morgan fingerprint density at radius 3 is 2.37 bits per heavy atom. The molecule has 2 atom stereocenters. The molecule has 1 fully saturated rings. The second kappa shape index (κ2) is 16.9. The van der Waals surface area contributed by atoms with Crippen LogP contribution in [0.15, 0.2) is 36.4 Å². The first-order chi connectivity index (χ1) is 22.0. The molecule has 2 amide bonds. The summed E-state index contributed by atoms with van der Waals surface area (Å²) in [6.07, 6.45) is 2.80. The number of rotatable bonds is 14. The fourth-order valence-electron chi connectivity index (χ4n) is 6.51. The zero-order valence-corrected chi connectivity index (χ0v) is 29.9. The molecule has 0 radical (unpaired) electrons. The summed E-state index contributed by atoms with van der Waals surface area (Å²) in [6, 6.07) is 11.8. The van der Waals surface area contributed by atoms with E-state index in [1.807, 2.05) is 57.2 Å². The van der Waals surface area contributed by atoms with Gasteiger partial charge < -0.3 is 19.3 Å². The van der Waals surface area contributed by atoms with E-state index in [4.69, 9.17) is 32.7 Å². The maximum Gasteiger partial charge on any atom is 0.411 e. The number of halogens is 2. The minimum absolute atomic E-state index is 0.0350. The molecule has 2 heterocycles. The molecule has 0 N–H and O–H groups in total. The number of unbranched alkanes of at least 4 members (excludes halogenated alkanes) is 1. The van der Waals surface area contributed by atoms with Crippen molar-refractivity contribution in [3.63, 3.8) is 0 Å². The van der Waals surface area contributed by atoms with Crippen LogP contribution in [0.4, 0.5) is 16.2 Å². The monoisotopic (exact) mass is 674 g/mol. The number of amides is 2. The average Bonchev–Trinajstić information content (AvgIpc) is 3.01. The summed E-state index contributed by atoms with van der Waals surface area (Å²) in [5.74, 6) is 1.06. The fourth-order valence-corrected chi connectivity index (χ4v) is 6.92. The molecular weight excluding hydrogens is 623 g/mol. The number of carbonyl (C=O) groups is 2. The maximum atomic E-state index is 13.4. The first kappa shape index (κ1) is 36.2. The first-order valence-corrected chi connectivity index (χ1v) is 17.7. The van der Waals surface area contributed by atoms with Gasteiger partial charge in [0.15, 0.2) is 6.23 Å². The average molecular weight is 676 g/mol. The Morgan fingerprint density at radius 2 is 1.70 bits per heavy atom. The molecular formula is C36H52Cl2N4O4. The van der Waals surface area contributed by atoms with Crippen LogP contribution < -0.4 is 14.5 Å². The largest absolute Gasteiger partial charge is 0.494 e. The van der Waals surface area contributed by atoms with Crippen molar-refractivity contribution in [1.82, 2.24) is 9.80 Å². The van der Waals surface area contributed by atoms with Crippen molar-refractivity contribution in [3.8, 4) is 5.75 Å². The zero-order valence-electron chi connectivity index (χ0n) is 28.4. The summed E-state index contributed by atoms with van der Waals surface area (Å²) >= 11 is 12.7. The standard InChI is InChI=1S/C36H52Cl2N4O4/c1-7-41(27(6)23-25(2)3)36(44)46-35(26(4)5)42-32-24-29(15-13-28(32)14-16-33(42)43)45-22-9-8-17-39-18-20-40(21-19-39)31-12-10-11-30(37)34(31)38/h10-13,15,24-27,35H,7-9,14,16-23H2,1-6H3. The van der Waals surface area contributed by atoms with E-state index < -0.39 is 6.23 Å². The molecule has 2 aliphatic rings. The number of benzene rings is 2. The van der Waals surface area contributed by atoms with E-state index in [0.717, 1.165) is 74.7 Å². The number of piperazine rings is 1. The van der Waals surface area contributed by atoms with Gasteiger partial charge in [0, 0.05) is 57.2 Å². The van der Waals surface area contributed by atoms with Crippen molar-refractivity contribution in [3.05, 3.63) is 52.0 Å². The molecule has 1 saturated heterocycles. The molecule has 0 spiro atoms. The summed E-state index contributed by atoms with van der Waals surface area (Å²) < 4.78 is 12.3. The minimum atomic E-state index is -0.704. The molecule has 0 bridgehead atoms. The molecule has 2 unspecified atom stereocenters. The van der Waals surface area contributed by atoms with E-state index in [-0.39, 0.29) is 24.0 Å². The summed E-state index contributed by atoms with van der Waals surface area (Å²) in [7, 11) is 0. The molecule has 46 heavy (non-hydrogen) atoms. The van der Waals surface area contributed by atoms with Crippen molar-refractivity contribution in [2.75, 3.05) is 55.7 Å². The number of hydrogen-bond donors (Lipinski definition) is 0. The third-order valence-corrected chi connectivity index (χ3v) is 9.75. The topological polar surface area (TPSA) is 65.6 Å². The number of aryl methyl sites for hydroxylation is 1. The number of ether oxygens (including phenoxy) is 2. The van der Waals surface area contributed by atoms with Crippen LogP contribution in [0, 0.1) is 11.8 Å². The molecule has 2 aromatic carbocycles. The van der Waals surface area contributed by atoms with Gasteiger partial charge in [0.1, 0.15) is 5.75 Å². The second-order valence-corrected chi connectivity index (χ2v) is 14.1. The lowest BCUT2D eigenvalue weighted by Gasteiger charge is -2.39. The van der Waals surface area contributed by atoms with Crippen LogP contribution in [0.25, 0.3) is 0 Å². The van der Waals surface area contributed by atoms with E-state index in [0.29, 0.717) is 42.0 Å². The zero-order chi connectivity index (χ0) is 33.4. The van der Waals surface area contributed by atoms with Crippen LogP contribution in [-0.2, 0) is 16.0 Å². The van der Waals surface area contributed by atoms with Gasteiger partial charge in [-0.2, -0.15) is 0 Å². The second-order valence-electron chi connectivity index (χ2n) is 13.3. The molecule has 10 heteroatoms. The van der Waals surface area contributed by atoms with Crippen molar-refractivity contribution in [2.45, 2.75) is 85.9 Å². The number of anilines is 2. The van der Waals surface area contributed by atoms with Gasteiger partial charge in [0.2, 0.25) is 5.91 Å². The van der Waals surface area contributed by atoms with Crippen LogP contribution in [-0.4, -0.2) is 79.9 Å². The lowest BCUT2D eigenvalue weighted by molar-refractivity contribution is -0.121. The first-order valence-electron chi connectivity index (χ1n) is 17.0. The van der Waals surface area contributed by atoms with Crippen molar-refractivity contribution in [2.24, 2.45) is 11.8 Å². The Balaban J connectivity index is 1.31. The van der Waals surface area contributed by atoms with E-state index >= 15 is 0 Å². The predicted molar refractivity (Wildman–Crippen MR) is 188 cm³/mol. The van der Waals surface area contributed by atoms with Gasteiger partial charge >= 0.3 is 6.09 Å². The molecule has 2 aliphatic heterocycles. The highest BCUT2D eigenvalue weighted by Gasteiger charge is 2.36. The molecule has 0 saturated carbocycles. The third-order valence-electron chi connectivity index (χ3n) is 8.94. The van der Waals surface area contributed by atoms with E-state index in [9.17, 15) is 9.59 Å². The van der Waals surface area contributed by atoms with Crippen LogP contribution >= 0.6 is 23.2 Å². The highest BCUT2D eigenvalue weighted by Crippen LogP contribution is 2.36. The molecule has 8 nitrogen and oxygen atoms in total. The van der Waals surface area contributed by atoms with Gasteiger partial charge in [-0.25, -0.2) is 4.79 Å². The highest BCUT2D eigenvalue weighted by molar-refractivity contribution is 6.43. The number of nitrogens with zero attached hydrogens (tertiary/aromatic N) is 4. The molecule has 0 aromatic heterocycles. The summed E-state index contributed by atoms with van der Waals surface area (Å²) in [5, 5.41) is 1.22. The predicted octanol–water partition coefficient (Wildman–Crippen LogP) is 8.13. The van der Waals surface area contributed by atoms with Gasteiger partial charge in [0.25, 0.3) is 0 Å². The Labute approximate surface area is 285 Å². The lowest BCUT2D eigenvalue weighted by Crippen LogP contribution is -2.51. The Kier molecular flexibility index (Phi) is 13.3. The van der Waals surface area contributed by atoms with Crippen LogP contribution in [0.5, 0.6) is 5.75 Å². The van der Waals surface area contributed by atoms with E-state index in [1.54, 1.807) is 9.80 Å². The maximum absolute atomic E-state index is 13.4. The summed E-state index contributed by atoms with van der Waals surface area (Å²) in [6.45, 7) is 18.2. The number of hydrogen-bond acceptors (Lipinski definition) is 6. The minimum Gasteiger partial charge on any atom is -0.494 e. The number of fused-ring (bicyclic) bond motifs is 1. The SMILES string of the molecule is CCN(C(=O)OC(C(C)C)N1C(=O)CCc2ccc(OCCCCN3CCN(c4cccc(Cl)c4Cl)CC3)cc21)C(C)CC(C)C. The van der Waals surface area contributed by atoms with Gasteiger partial charge in [0.05, 0.1) is 28.0 Å². The Bertz CT molecular complexity index is 1310. The van der Waals surface area contributed by atoms with Gasteiger partial charge in [-0.05, 0) is 75.8 Å². The van der Waals surface area contributed by atoms with Gasteiger partial charge in [-0.1, -0.05) is 63.0 Å². The molecule has 0 aliphatic carbocycles. The number of carbonyl (C=O) groups excluding carboxylic acids is 2. The van der Waals surface area contributed by atoms with Gasteiger partial charge in [-0.15, -0.1) is 0 Å². The smallest absolute Gasteiger partial charge is 0.411 e. The quantitative estimate of drug-likeness (QED) is 0.189. The fraction of sp³-hybridized carbons (Fsp3) is 0.611. The summed E-state index contributed by atoms with van der Waals surface area (Å²) in [5.41, 5.74) is 2.84. The van der Waals surface area contributed by atoms with Crippen molar-refractivity contribution < 1.29 is 19.1 Å². The van der Waals surface area contributed by atoms with Crippen LogP contribution in [0.3, 0.4) is 0 Å². The van der Waals surface area contributed by atoms with Crippen molar-refractivity contribution >= 4 is 46.6 Å². The molecule has 254 valence electrons. The third kappa shape index (κ3) is 9.23. The van der Waals surface area contributed by atoms with Crippen LogP contribution in [0.2, 0.25) is 10.0 Å². The van der Waals surface area contributed by atoms with Crippen molar-refractivity contribution in [1.29, 1.82) is 0 Å². The molecule has 2 aromatic rings. The van der Waals surface area contributed by atoms with Gasteiger partial charge in [-0.3, -0.25) is 14.6 Å².